The highest BCUT2D eigenvalue weighted by atomic mass is 19.3. The molecular formula is C16H22F2O. The first-order valence-corrected chi connectivity index (χ1v) is 7.17. The number of hydrogen-bond acceptors (Lipinski definition) is 1. The Morgan fingerprint density at radius 2 is 1.74 bits per heavy atom. The van der Waals surface area contributed by atoms with E-state index in [1.54, 1.807) is 12.1 Å². The van der Waals surface area contributed by atoms with Crippen molar-refractivity contribution in [2.45, 2.75) is 52.1 Å². The van der Waals surface area contributed by atoms with E-state index in [-0.39, 0.29) is 5.75 Å². The number of alkyl halides is 2. The summed E-state index contributed by atoms with van der Waals surface area (Å²) in [5, 5.41) is 0. The van der Waals surface area contributed by atoms with Crippen molar-refractivity contribution in [3.8, 4) is 5.75 Å². The van der Waals surface area contributed by atoms with Crippen LogP contribution in [0.1, 0.15) is 44.6 Å². The number of halogens is 2. The summed E-state index contributed by atoms with van der Waals surface area (Å²) in [6, 6.07) is 7.04. The highest BCUT2D eigenvalue weighted by Gasteiger charge is 2.17. The third-order valence-electron chi connectivity index (χ3n) is 4.13. The van der Waals surface area contributed by atoms with Crippen molar-refractivity contribution in [1.29, 1.82) is 0 Å². The number of rotatable bonds is 5. The van der Waals surface area contributed by atoms with Gasteiger partial charge in [-0.1, -0.05) is 44.7 Å². The monoisotopic (exact) mass is 268 g/mol. The first-order valence-electron chi connectivity index (χ1n) is 7.17. The third kappa shape index (κ3) is 4.81. The highest BCUT2D eigenvalue weighted by Crippen LogP contribution is 2.31. The van der Waals surface area contributed by atoms with Gasteiger partial charge in [-0.2, -0.15) is 8.78 Å². The zero-order chi connectivity index (χ0) is 13.7. The zero-order valence-electron chi connectivity index (χ0n) is 11.4. The topological polar surface area (TPSA) is 9.23 Å². The van der Waals surface area contributed by atoms with Crippen LogP contribution < -0.4 is 4.74 Å². The Kier molecular flexibility index (Phi) is 5.17. The molecule has 1 saturated carbocycles. The van der Waals surface area contributed by atoms with E-state index in [1.807, 2.05) is 12.1 Å². The Bertz CT molecular complexity index is 367. The van der Waals surface area contributed by atoms with Crippen molar-refractivity contribution < 1.29 is 13.5 Å². The van der Waals surface area contributed by atoms with E-state index in [1.165, 1.54) is 37.7 Å². The Labute approximate surface area is 114 Å². The molecule has 0 amide bonds. The number of benzene rings is 1. The summed E-state index contributed by atoms with van der Waals surface area (Å²) in [5.74, 6) is 1.97. The lowest BCUT2D eigenvalue weighted by atomic mass is 9.80. The van der Waals surface area contributed by atoms with Gasteiger partial charge in [0, 0.05) is 0 Å². The molecule has 0 spiro atoms. The van der Waals surface area contributed by atoms with Crippen LogP contribution in [-0.4, -0.2) is 6.61 Å². The fraction of sp³-hybridized carbons (Fsp3) is 0.625. The minimum Gasteiger partial charge on any atom is -0.435 e. The standard InChI is InChI=1S/C16H22F2O/c1-12-2-4-13(5-3-12)6-7-14-8-10-15(11-9-14)19-16(17)18/h8-13,16H,2-7H2,1H3. The van der Waals surface area contributed by atoms with Crippen molar-refractivity contribution in [2.24, 2.45) is 11.8 Å². The van der Waals surface area contributed by atoms with Gasteiger partial charge in [0.05, 0.1) is 0 Å². The Hall–Kier alpha value is -1.12. The van der Waals surface area contributed by atoms with Crippen LogP contribution in [0, 0.1) is 11.8 Å². The number of aryl methyl sites for hydroxylation is 1. The largest absolute Gasteiger partial charge is 0.435 e. The van der Waals surface area contributed by atoms with E-state index in [0.29, 0.717) is 0 Å². The van der Waals surface area contributed by atoms with Gasteiger partial charge in [0.15, 0.2) is 0 Å². The molecule has 0 N–H and O–H groups in total. The average Bonchev–Trinajstić information content (AvgIpc) is 2.39. The van der Waals surface area contributed by atoms with Gasteiger partial charge in [0.2, 0.25) is 0 Å². The van der Waals surface area contributed by atoms with Crippen LogP contribution in [0.25, 0.3) is 0 Å². The summed E-state index contributed by atoms with van der Waals surface area (Å²) < 4.78 is 28.4. The van der Waals surface area contributed by atoms with Gasteiger partial charge in [-0.15, -0.1) is 0 Å². The van der Waals surface area contributed by atoms with E-state index in [0.717, 1.165) is 18.3 Å². The van der Waals surface area contributed by atoms with Crippen molar-refractivity contribution in [2.75, 3.05) is 0 Å². The number of hydrogen-bond donors (Lipinski definition) is 0. The molecule has 1 fully saturated rings. The van der Waals surface area contributed by atoms with E-state index in [2.05, 4.69) is 11.7 Å². The quantitative estimate of drug-likeness (QED) is 0.726. The maximum Gasteiger partial charge on any atom is 0.387 e. The van der Waals surface area contributed by atoms with Crippen LogP contribution in [0.15, 0.2) is 24.3 Å². The predicted octanol–water partition coefficient (Wildman–Crippen LogP) is 5.05. The molecule has 1 nitrogen and oxygen atoms in total. The summed E-state index contributed by atoms with van der Waals surface area (Å²) in [7, 11) is 0. The van der Waals surface area contributed by atoms with Gasteiger partial charge in [-0.25, -0.2) is 0 Å². The number of ether oxygens (including phenoxy) is 1. The second kappa shape index (κ2) is 6.88. The zero-order valence-corrected chi connectivity index (χ0v) is 11.4. The molecule has 0 radical (unpaired) electrons. The van der Waals surface area contributed by atoms with Crippen molar-refractivity contribution in [1.82, 2.24) is 0 Å². The molecule has 2 rings (SSSR count). The first-order chi connectivity index (χ1) is 9.13. The van der Waals surface area contributed by atoms with Crippen molar-refractivity contribution in [3.63, 3.8) is 0 Å². The second-order valence-corrected chi connectivity index (χ2v) is 5.69. The third-order valence-corrected chi connectivity index (χ3v) is 4.13. The van der Waals surface area contributed by atoms with Crippen molar-refractivity contribution >= 4 is 0 Å². The molecule has 1 aliphatic rings. The van der Waals surface area contributed by atoms with Crippen LogP contribution in [-0.2, 0) is 6.42 Å². The van der Waals surface area contributed by atoms with Gasteiger partial charge in [-0.3, -0.25) is 0 Å². The lowest BCUT2D eigenvalue weighted by molar-refractivity contribution is -0.0498. The van der Waals surface area contributed by atoms with Crippen LogP contribution in [0.4, 0.5) is 8.78 Å². The van der Waals surface area contributed by atoms with Gasteiger partial charge >= 0.3 is 6.61 Å². The summed E-state index contributed by atoms with van der Waals surface area (Å²) >= 11 is 0. The second-order valence-electron chi connectivity index (χ2n) is 5.69. The molecule has 0 aliphatic heterocycles. The molecule has 1 aliphatic carbocycles. The SMILES string of the molecule is CC1CCC(CCc2ccc(OC(F)F)cc2)CC1. The Morgan fingerprint density at radius 3 is 2.32 bits per heavy atom. The van der Waals surface area contributed by atoms with E-state index >= 15 is 0 Å². The van der Waals surface area contributed by atoms with Gasteiger partial charge in [0.25, 0.3) is 0 Å². The summed E-state index contributed by atoms with van der Waals surface area (Å²) in [5.41, 5.74) is 1.21. The molecular weight excluding hydrogens is 246 g/mol. The van der Waals surface area contributed by atoms with E-state index in [4.69, 9.17) is 0 Å². The minimum atomic E-state index is -2.74. The van der Waals surface area contributed by atoms with Gasteiger partial charge in [0.1, 0.15) is 5.75 Å². The molecule has 3 heteroatoms. The maximum atomic E-state index is 12.0. The molecule has 0 unspecified atom stereocenters. The van der Waals surface area contributed by atoms with Crippen LogP contribution in [0.3, 0.4) is 0 Å². The Morgan fingerprint density at radius 1 is 1.11 bits per heavy atom. The van der Waals surface area contributed by atoms with Crippen LogP contribution in [0.5, 0.6) is 5.75 Å². The Balaban J connectivity index is 1.76. The summed E-state index contributed by atoms with van der Waals surface area (Å²) in [6.45, 7) is -0.409. The first kappa shape index (κ1) is 14.3. The molecule has 19 heavy (non-hydrogen) atoms. The van der Waals surface area contributed by atoms with E-state index in [9.17, 15) is 8.78 Å². The highest BCUT2D eigenvalue weighted by molar-refractivity contribution is 5.27. The normalized spacial score (nSPS) is 23.6. The minimum absolute atomic E-state index is 0.241. The fourth-order valence-electron chi connectivity index (χ4n) is 2.83. The van der Waals surface area contributed by atoms with Gasteiger partial charge in [-0.05, 0) is 42.4 Å². The molecule has 0 bridgehead atoms. The molecule has 0 saturated heterocycles. The molecule has 0 aromatic heterocycles. The van der Waals surface area contributed by atoms with Crippen LogP contribution in [0.2, 0.25) is 0 Å². The lowest BCUT2D eigenvalue weighted by Crippen LogP contribution is -2.12. The van der Waals surface area contributed by atoms with Gasteiger partial charge < -0.3 is 4.74 Å². The molecule has 1 aromatic carbocycles. The maximum absolute atomic E-state index is 12.0. The molecule has 0 heterocycles. The van der Waals surface area contributed by atoms with Crippen LogP contribution >= 0.6 is 0 Å². The lowest BCUT2D eigenvalue weighted by Gasteiger charge is -2.26. The summed E-state index contributed by atoms with van der Waals surface area (Å²) in [4.78, 5) is 0. The average molecular weight is 268 g/mol. The van der Waals surface area contributed by atoms with E-state index < -0.39 is 6.61 Å². The predicted molar refractivity (Wildman–Crippen MR) is 72.5 cm³/mol. The summed E-state index contributed by atoms with van der Waals surface area (Å²) in [6.07, 6.45) is 7.63. The smallest absolute Gasteiger partial charge is 0.387 e. The molecule has 106 valence electrons. The fourth-order valence-corrected chi connectivity index (χ4v) is 2.83. The molecule has 0 atom stereocenters. The molecule has 1 aromatic rings. The van der Waals surface area contributed by atoms with Crippen molar-refractivity contribution in [3.05, 3.63) is 29.8 Å².